The molecule has 0 radical (unpaired) electrons. The molecule has 2 aliphatic rings. The largest absolute Gasteiger partial charge is 0.369 e. The summed E-state index contributed by atoms with van der Waals surface area (Å²) in [5.74, 6) is 0.484. The molecule has 6 heteroatoms. The van der Waals surface area contributed by atoms with E-state index >= 15 is 0 Å². The molecule has 0 spiro atoms. The number of likely N-dealkylation sites (tertiary alicyclic amines) is 2. The van der Waals surface area contributed by atoms with Gasteiger partial charge in [-0.25, -0.2) is 0 Å². The second-order valence-electron chi connectivity index (χ2n) is 6.24. The molecular weight excluding hydrogens is 280 g/mol. The number of carbonyl (C=O) groups is 2. The lowest BCUT2D eigenvalue weighted by Gasteiger charge is -2.42. The van der Waals surface area contributed by atoms with Gasteiger partial charge < -0.3 is 10.6 Å². The highest BCUT2D eigenvalue weighted by atomic mass is 16.2. The number of pyridine rings is 1. The lowest BCUT2D eigenvalue weighted by Crippen LogP contribution is -2.52. The van der Waals surface area contributed by atoms with Gasteiger partial charge in [0.25, 0.3) is 0 Å². The zero-order valence-corrected chi connectivity index (χ0v) is 12.6. The maximum Gasteiger partial charge on any atom is 0.231 e. The summed E-state index contributed by atoms with van der Waals surface area (Å²) in [6, 6.07) is 4.01. The molecule has 0 saturated carbocycles. The van der Waals surface area contributed by atoms with Crippen LogP contribution in [0.3, 0.4) is 0 Å². The van der Waals surface area contributed by atoms with Crippen LogP contribution < -0.4 is 5.73 Å². The molecule has 3 rings (SSSR count). The third-order valence-corrected chi connectivity index (χ3v) is 4.67. The SMILES string of the molecule is NC(=O)CN1CCC(C(=O)N2CC(c3cccnc3)C2)CC1. The van der Waals surface area contributed by atoms with Crippen molar-refractivity contribution < 1.29 is 9.59 Å². The summed E-state index contributed by atoms with van der Waals surface area (Å²) < 4.78 is 0. The van der Waals surface area contributed by atoms with Crippen LogP contribution in [0.25, 0.3) is 0 Å². The van der Waals surface area contributed by atoms with E-state index in [1.807, 2.05) is 22.1 Å². The predicted octanol–water partition coefficient (Wildman–Crippen LogP) is 0.205. The van der Waals surface area contributed by atoms with Crippen LogP contribution in [-0.2, 0) is 9.59 Å². The summed E-state index contributed by atoms with van der Waals surface area (Å²) in [5.41, 5.74) is 6.42. The van der Waals surface area contributed by atoms with Gasteiger partial charge in [0.2, 0.25) is 11.8 Å². The number of hydrogen-bond donors (Lipinski definition) is 1. The van der Waals surface area contributed by atoms with Gasteiger partial charge in [0.05, 0.1) is 6.54 Å². The predicted molar refractivity (Wildman–Crippen MR) is 81.9 cm³/mol. The van der Waals surface area contributed by atoms with Gasteiger partial charge in [-0.15, -0.1) is 0 Å². The van der Waals surface area contributed by atoms with Crippen molar-refractivity contribution in [2.45, 2.75) is 18.8 Å². The van der Waals surface area contributed by atoms with E-state index in [0.717, 1.165) is 39.0 Å². The van der Waals surface area contributed by atoms with Gasteiger partial charge in [-0.3, -0.25) is 19.5 Å². The van der Waals surface area contributed by atoms with E-state index in [4.69, 9.17) is 5.73 Å². The van der Waals surface area contributed by atoms with E-state index < -0.39 is 0 Å². The Morgan fingerprint density at radius 2 is 2.00 bits per heavy atom. The Bertz CT molecular complexity index is 534. The van der Waals surface area contributed by atoms with Gasteiger partial charge >= 0.3 is 0 Å². The molecule has 0 atom stereocenters. The molecule has 2 saturated heterocycles. The smallest absolute Gasteiger partial charge is 0.231 e. The number of aromatic nitrogens is 1. The third-order valence-electron chi connectivity index (χ3n) is 4.67. The van der Waals surface area contributed by atoms with Crippen LogP contribution in [0, 0.1) is 5.92 Å². The van der Waals surface area contributed by atoms with Crippen LogP contribution >= 0.6 is 0 Å². The summed E-state index contributed by atoms with van der Waals surface area (Å²) in [7, 11) is 0. The maximum atomic E-state index is 12.5. The standard InChI is InChI=1S/C16H22N4O2/c17-15(21)11-19-6-3-12(4-7-19)16(22)20-9-14(10-20)13-2-1-5-18-8-13/h1-2,5,8,12,14H,3-4,6-7,9-11H2,(H2,17,21). The Hall–Kier alpha value is -1.95. The van der Waals surface area contributed by atoms with Crippen molar-refractivity contribution in [3.05, 3.63) is 30.1 Å². The first-order chi connectivity index (χ1) is 10.6. The fourth-order valence-electron chi connectivity index (χ4n) is 3.30. The van der Waals surface area contributed by atoms with Crippen molar-refractivity contribution in [2.24, 2.45) is 11.7 Å². The van der Waals surface area contributed by atoms with Gasteiger partial charge in [-0.2, -0.15) is 0 Å². The molecule has 2 aliphatic heterocycles. The first-order valence-electron chi connectivity index (χ1n) is 7.83. The number of rotatable bonds is 4. The minimum atomic E-state index is -0.299. The molecule has 0 unspecified atom stereocenters. The molecule has 3 heterocycles. The van der Waals surface area contributed by atoms with Gasteiger partial charge in [-0.1, -0.05) is 6.07 Å². The molecule has 118 valence electrons. The molecule has 2 fully saturated rings. The Labute approximate surface area is 130 Å². The fourth-order valence-corrected chi connectivity index (χ4v) is 3.30. The van der Waals surface area contributed by atoms with Crippen molar-refractivity contribution in [3.8, 4) is 0 Å². The van der Waals surface area contributed by atoms with Gasteiger partial charge in [0, 0.05) is 37.3 Å². The summed E-state index contributed by atoms with van der Waals surface area (Å²) in [6.45, 7) is 3.45. The van der Waals surface area contributed by atoms with Crippen molar-refractivity contribution in [1.82, 2.24) is 14.8 Å². The number of amides is 2. The highest BCUT2D eigenvalue weighted by molar-refractivity contribution is 5.80. The zero-order chi connectivity index (χ0) is 15.5. The normalized spacial score (nSPS) is 20.6. The number of nitrogens with two attached hydrogens (primary N) is 1. The van der Waals surface area contributed by atoms with E-state index in [9.17, 15) is 9.59 Å². The number of primary amides is 1. The van der Waals surface area contributed by atoms with E-state index in [-0.39, 0.29) is 17.7 Å². The first-order valence-corrected chi connectivity index (χ1v) is 7.83. The molecule has 0 aromatic carbocycles. The Balaban J connectivity index is 1.45. The van der Waals surface area contributed by atoms with Gasteiger partial charge in [0.1, 0.15) is 0 Å². The second kappa shape index (κ2) is 6.44. The van der Waals surface area contributed by atoms with Crippen LogP contribution in [0.5, 0.6) is 0 Å². The molecule has 6 nitrogen and oxygen atoms in total. The maximum absolute atomic E-state index is 12.5. The van der Waals surface area contributed by atoms with E-state index in [1.165, 1.54) is 5.56 Å². The Kier molecular flexibility index (Phi) is 4.38. The minimum Gasteiger partial charge on any atom is -0.369 e. The van der Waals surface area contributed by atoms with Crippen LogP contribution in [0.15, 0.2) is 24.5 Å². The highest BCUT2D eigenvalue weighted by Gasteiger charge is 2.36. The summed E-state index contributed by atoms with van der Waals surface area (Å²) in [6.07, 6.45) is 5.29. The van der Waals surface area contributed by atoms with Gasteiger partial charge in [0.15, 0.2) is 0 Å². The average Bonchev–Trinajstić information content (AvgIpc) is 2.47. The van der Waals surface area contributed by atoms with Crippen molar-refractivity contribution in [1.29, 1.82) is 0 Å². The van der Waals surface area contributed by atoms with Gasteiger partial charge in [-0.05, 0) is 37.6 Å². The second-order valence-corrected chi connectivity index (χ2v) is 6.24. The lowest BCUT2D eigenvalue weighted by atomic mass is 9.88. The molecule has 0 bridgehead atoms. The minimum absolute atomic E-state index is 0.0963. The monoisotopic (exact) mass is 302 g/mol. The molecule has 2 amide bonds. The van der Waals surface area contributed by atoms with Crippen molar-refractivity contribution >= 4 is 11.8 Å². The Morgan fingerprint density at radius 3 is 2.59 bits per heavy atom. The number of nitrogens with zero attached hydrogens (tertiary/aromatic N) is 3. The van der Waals surface area contributed by atoms with E-state index in [2.05, 4.69) is 11.1 Å². The number of carbonyl (C=O) groups excluding carboxylic acids is 2. The highest BCUT2D eigenvalue weighted by Crippen LogP contribution is 2.29. The molecule has 1 aromatic heterocycles. The molecule has 1 aromatic rings. The van der Waals surface area contributed by atoms with Crippen LogP contribution in [-0.4, -0.2) is 59.3 Å². The quantitative estimate of drug-likeness (QED) is 0.862. The number of hydrogen-bond acceptors (Lipinski definition) is 4. The topological polar surface area (TPSA) is 79.5 Å². The Morgan fingerprint density at radius 1 is 1.27 bits per heavy atom. The third kappa shape index (κ3) is 3.27. The summed E-state index contributed by atoms with van der Waals surface area (Å²) in [4.78, 5) is 31.5. The fraction of sp³-hybridized carbons (Fsp3) is 0.562. The zero-order valence-electron chi connectivity index (χ0n) is 12.6. The van der Waals surface area contributed by atoms with E-state index in [0.29, 0.717) is 12.5 Å². The average molecular weight is 302 g/mol. The summed E-state index contributed by atoms with van der Waals surface area (Å²) >= 11 is 0. The van der Waals surface area contributed by atoms with Crippen LogP contribution in [0.4, 0.5) is 0 Å². The number of piperidine rings is 1. The first kappa shape index (κ1) is 15.0. The van der Waals surface area contributed by atoms with Crippen molar-refractivity contribution in [3.63, 3.8) is 0 Å². The van der Waals surface area contributed by atoms with Crippen molar-refractivity contribution in [2.75, 3.05) is 32.7 Å². The molecule has 2 N–H and O–H groups in total. The van der Waals surface area contributed by atoms with E-state index in [1.54, 1.807) is 6.20 Å². The van der Waals surface area contributed by atoms with Crippen LogP contribution in [0.2, 0.25) is 0 Å². The lowest BCUT2D eigenvalue weighted by molar-refractivity contribution is -0.141. The molecule has 22 heavy (non-hydrogen) atoms. The van der Waals surface area contributed by atoms with Crippen LogP contribution in [0.1, 0.15) is 24.3 Å². The molecular formula is C16H22N4O2. The summed E-state index contributed by atoms with van der Waals surface area (Å²) in [5, 5.41) is 0. The molecule has 0 aliphatic carbocycles.